The van der Waals surface area contributed by atoms with E-state index in [1.807, 2.05) is 0 Å². The van der Waals surface area contributed by atoms with Gasteiger partial charge in [-0.3, -0.25) is 4.98 Å². The number of ether oxygens (including phenoxy) is 1. The third kappa shape index (κ3) is 9.55. The molecule has 0 aliphatic carbocycles. The molecule has 7 nitrogen and oxygen atoms in total. The van der Waals surface area contributed by atoms with Crippen LogP contribution >= 0.6 is 0 Å². The quantitative estimate of drug-likeness (QED) is 0.263. The van der Waals surface area contributed by atoms with Crippen molar-refractivity contribution in [3.63, 3.8) is 0 Å². The Morgan fingerprint density at radius 1 is 0.810 bits per heavy atom. The van der Waals surface area contributed by atoms with Gasteiger partial charge in [-0.25, -0.2) is 9.59 Å². The highest BCUT2D eigenvalue weighted by molar-refractivity contribution is 5.75. The fourth-order valence-electron chi connectivity index (χ4n) is 3.41. The Balaban J connectivity index is 0.000000782. The number of nitrogens with one attached hydrogen (secondary N) is 2. The summed E-state index contributed by atoms with van der Waals surface area (Å²) in [5, 5.41) is 12.2. The van der Waals surface area contributed by atoms with Gasteiger partial charge in [-0.2, -0.15) is 39.5 Å². The Morgan fingerprint density at radius 3 is 1.79 bits per heavy atom. The van der Waals surface area contributed by atoms with Crippen LogP contribution in [0.25, 0.3) is 0 Å². The molecule has 0 saturated carbocycles. The molecule has 2 amide bonds. The Labute approximate surface area is 232 Å². The molecule has 0 radical (unpaired) electrons. The van der Waals surface area contributed by atoms with Gasteiger partial charge in [0.15, 0.2) is 0 Å². The minimum absolute atomic E-state index is 0.00514. The first-order valence-corrected chi connectivity index (χ1v) is 11.5. The van der Waals surface area contributed by atoms with Gasteiger partial charge in [0, 0.05) is 6.20 Å². The van der Waals surface area contributed by atoms with E-state index in [9.17, 15) is 44.3 Å². The zero-order chi connectivity index (χ0) is 31.9. The van der Waals surface area contributed by atoms with E-state index in [4.69, 9.17) is 14.6 Å². The number of urea groups is 1. The summed E-state index contributed by atoms with van der Waals surface area (Å²) in [7, 11) is 1.50. The molecule has 0 unspecified atom stereocenters. The lowest BCUT2D eigenvalue weighted by molar-refractivity contribution is -0.192. The molecule has 228 valence electrons. The second-order valence-corrected chi connectivity index (χ2v) is 8.40. The van der Waals surface area contributed by atoms with E-state index in [2.05, 4.69) is 15.6 Å². The minimum Gasteiger partial charge on any atom is -0.497 e. The van der Waals surface area contributed by atoms with E-state index in [-0.39, 0.29) is 5.56 Å². The van der Waals surface area contributed by atoms with Crippen LogP contribution in [0.5, 0.6) is 5.75 Å². The van der Waals surface area contributed by atoms with Crippen LogP contribution in [-0.2, 0) is 17.1 Å². The van der Waals surface area contributed by atoms with E-state index < -0.39 is 59.4 Å². The molecule has 3 aromatic rings. The van der Waals surface area contributed by atoms with E-state index in [1.54, 1.807) is 31.2 Å². The Bertz CT molecular complexity index is 1340. The predicted octanol–water partition coefficient (Wildman–Crippen LogP) is 6.91. The number of hydrogen-bond donors (Lipinski definition) is 3. The van der Waals surface area contributed by atoms with Crippen molar-refractivity contribution in [1.29, 1.82) is 0 Å². The zero-order valence-electron chi connectivity index (χ0n) is 21.5. The maximum Gasteiger partial charge on any atom is 0.490 e. The molecule has 16 heteroatoms. The molecule has 0 fully saturated rings. The Kier molecular flexibility index (Phi) is 10.8. The highest BCUT2D eigenvalue weighted by atomic mass is 19.4. The standard InChI is InChI=1S/C24H21F6N3O2.C2HF3O2/c1-14(15-7-11-18(35-2)12-8-15)32-22(34)33-20(16-5-9-17(10-6-16)23(25,26)27)21-19(24(28,29)30)4-3-13-31-21;3-2(4,5)1(6)7/h3-14,20H,1-2H3,(H2,32,33,34);(H,6,7)/t14-,20+;/m1./s1. The highest BCUT2D eigenvalue weighted by Gasteiger charge is 2.39. The largest absolute Gasteiger partial charge is 0.497 e. The number of carbonyl (C=O) groups is 2. The average Bonchev–Trinajstić information content (AvgIpc) is 2.90. The van der Waals surface area contributed by atoms with Gasteiger partial charge < -0.3 is 20.5 Å². The summed E-state index contributed by atoms with van der Waals surface area (Å²) < 4.78 is 117. The van der Waals surface area contributed by atoms with Crippen molar-refractivity contribution in [3.8, 4) is 5.75 Å². The third-order valence-electron chi connectivity index (χ3n) is 5.47. The normalized spacial score (nSPS) is 13.2. The Hall–Kier alpha value is -4.50. The molecule has 3 rings (SSSR count). The number of hydrogen-bond acceptors (Lipinski definition) is 4. The van der Waals surface area contributed by atoms with Crippen molar-refractivity contribution in [2.75, 3.05) is 7.11 Å². The second kappa shape index (κ2) is 13.4. The lowest BCUT2D eigenvalue weighted by Crippen LogP contribution is -2.40. The van der Waals surface area contributed by atoms with Crippen molar-refractivity contribution in [2.24, 2.45) is 0 Å². The van der Waals surface area contributed by atoms with Gasteiger partial charge in [0.1, 0.15) is 5.75 Å². The summed E-state index contributed by atoms with van der Waals surface area (Å²) in [5.74, 6) is -2.16. The van der Waals surface area contributed by atoms with Crippen molar-refractivity contribution in [1.82, 2.24) is 15.6 Å². The number of aliphatic carboxylic acids is 1. The minimum atomic E-state index is -5.08. The van der Waals surface area contributed by atoms with Gasteiger partial charge in [-0.05, 0) is 54.4 Å². The molecule has 0 aliphatic rings. The van der Waals surface area contributed by atoms with Crippen LogP contribution in [0, 0.1) is 0 Å². The van der Waals surface area contributed by atoms with Crippen LogP contribution < -0.4 is 15.4 Å². The summed E-state index contributed by atoms with van der Waals surface area (Å²) in [4.78, 5) is 25.5. The van der Waals surface area contributed by atoms with Gasteiger partial charge in [-0.1, -0.05) is 24.3 Å². The number of carboxylic acid groups (broad SMARTS) is 1. The summed E-state index contributed by atoms with van der Waals surface area (Å²) in [6.07, 6.45) is -13.4. The SMILES string of the molecule is COc1ccc([C@@H](C)NC(=O)N[C@@H](c2ccc(C(F)(F)F)cc2)c2ncccc2C(F)(F)F)cc1.O=C(O)C(F)(F)F. The summed E-state index contributed by atoms with van der Waals surface area (Å²) in [6, 6.07) is 9.28. The lowest BCUT2D eigenvalue weighted by Gasteiger charge is -2.24. The number of nitrogens with zero attached hydrogens (tertiary/aromatic N) is 1. The van der Waals surface area contributed by atoms with Crippen LogP contribution in [-0.4, -0.2) is 35.4 Å². The van der Waals surface area contributed by atoms with Crippen LogP contribution in [0.15, 0.2) is 66.9 Å². The van der Waals surface area contributed by atoms with Crippen LogP contribution in [0.2, 0.25) is 0 Å². The van der Waals surface area contributed by atoms with Crippen LogP contribution in [0.1, 0.15) is 47.0 Å². The summed E-state index contributed by atoms with van der Waals surface area (Å²) in [5.41, 5.74) is -1.95. The van der Waals surface area contributed by atoms with Crippen LogP contribution in [0.3, 0.4) is 0 Å². The van der Waals surface area contributed by atoms with Crippen molar-refractivity contribution in [3.05, 3.63) is 94.8 Å². The number of methoxy groups -OCH3 is 1. The van der Waals surface area contributed by atoms with Gasteiger partial charge in [-0.15, -0.1) is 0 Å². The monoisotopic (exact) mass is 611 g/mol. The molecule has 1 heterocycles. The Morgan fingerprint density at radius 2 is 1.33 bits per heavy atom. The molecule has 0 saturated heterocycles. The topological polar surface area (TPSA) is 101 Å². The number of amides is 2. The van der Waals surface area contributed by atoms with Gasteiger partial charge in [0.05, 0.1) is 36.0 Å². The molecular formula is C26H22F9N3O4. The van der Waals surface area contributed by atoms with Gasteiger partial charge in [0.2, 0.25) is 0 Å². The van der Waals surface area contributed by atoms with E-state index in [0.717, 1.165) is 42.6 Å². The zero-order valence-corrected chi connectivity index (χ0v) is 21.5. The van der Waals surface area contributed by atoms with Gasteiger partial charge in [0.25, 0.3) is 0 Å². The third-order valence-corrected chi connectivity index (χ3v) is 5.47. The predicted molar refractivity (Wildman–Crippen MR) is 129 cm³/mol. The molecule has 2 aromatic carbocycles. The molecular weight excluding hydrogens is 589 g/mol. The number of rotatable bonds is 6. The molecule has 42 heavy (non-hydrogen) atoms. The van der Waals surface area contributed by atoms with E-state index in [0.29, 0.717) is 11.3 Å². The van der Waals surface area contributed by atoms with Gasteiger partial charge >= 0.3 is 30.5 Å². The fraction of sp³-hybridized carbons (Fsp3) is 0.269. The second-order valence-electron chi connectivity index (χ2n) is 8.40. The highest BCUT2D eigenvalue weighted by Crippen LogP contribution is 2.36. The number of carboxylic acids is 1. The lowest BCUT2D eigenvalue weighted by atomic mass is 9.98. The first-order chi connectivity index (χ1) is 19.3. The number of alkyl halides is 9. The number of halogens is 9. The number of aromatic nitrogens is 1. The number of carbonyl (C=O) groups excluding carboxylic acids is 1. The first kappa shape index (κ1) is 33.7. The van der Waals surface area contributed by atoms with Crippen molar-refractivity contribution >= 4 is 12.0 Å². The number of pyridine rings is 1. The maximum atomic E-state index is 13.6. The average molecular weight is 611 g/mol. The molecule has 2 atom stereocenters. The molecule has 0 bridgehead atoms. The van der Waals surface area contributed by atoms with Crippen molar-refractivity contribution < 1.29 is 58.9 Å². The number of benzene rings is 2. The summed E-state index contributed by atoms with van der Waals surface area (Å²) in [6.45, 7) is 1.66. The fourth-order valence-corrected chi connectivity index (χ4v) is 3.41. The smallest absolute Gasteiger partial charge is 0.490 e. The molecule has 1 aromatic heterocycles. The first-order valence-electron chi connectivity index (χ1n) is 11.5. The van der Waals surface area contributed by atoms with E-state index >= 15 is 0 Å². The van der Waals surface area contributed by atoms with Crippen LogP contribution in [0.4, 0.5) is 44.3 Å². The van der Waals surface area contributed by atoms with Crippen molar-refractivity contribution in [2.45, 2.75) is 37.5 Å². The maximum absolute atomic E-state index is 13.6. The molecule has 3 N–H and O–H groups in total. The molecule has 0 spiro atoms. The van der Waals surface area contributed by atoms with E-state index in [1.165, 1.54) is 7.11 Å². The summed E-state index contributed by atoms with van der Waals surface area (Å²) >= 11 is 0. The molecule has 0 aliphatic heterocycles.